The standard InChI is InChI=1S/C17H19N.C2H6/c1-4-10-14(5-2)15(6-3)13-17(18)16-11-8-7-9-12-16;1-2/h4-13,18H,3H2,1-2H3;1-2H3/b10-4-,14-5+,15-13+,18-17?;. The average molecular weight is 267 g/mol. The Morgan fingerprint density at radius 3 is 2.10 bits per heavy atom. The monoisotopic (exact) mass is 267 g/mol. The van der Waals surface area contributed by atoms with E-state index in [2.05, 4.69) is 6.58 Å². The first-order chi connectivity index (χ1) is 9.72. The topological polar surface area (TPSA) is 23.9 Å². The molecule has 0 bridgehead atoms. The summed E-state index contributed by atoms with van der Waals surface area (Å²) in [6, 6.07) is 9.70. The number of benzene rings is 1. The van der Waals surface area contributed by atoms with Crippen molar-refractivity contribution in [1.29, 1.82) is 5.41 Å². The molecule has 0 aliphatic rings. The lowest BCUT2D eigenvalue weighted by Crippen LogP contribution is -1.96. The summed E-state index contributed by atoms with van der Waals surface area (Å²) in [6.07, 6.45) is 9.65. The summed E-state index contributed by atoms with van der Waals surface area (Å²) in [6.45, 7) is 11.8. The fourth-order valence-electron chi connectivity index (χ4n) is 1.66. The third-order valence-electron chi connectivity index (χ3n) is 2.60. The van der Waals surface area contributed by atoms with Crippen molar-refractivity contribution in [2.24, 2.45) is 0 Å². The molecule has 0 amide bonds. The lowest BCUT2D eigenvalue weighted by atomic mass is 10.0. The largest absolute Gasteiger partial charge is 0.300 e. The highest BCUT2D eigenvalue weighted by atomic mass is 14.4. The van der Waals surface area contributed by atoms with E-state index >= 15 is 0 Å². The van der Waals surface area contributed by atoms with Gasteiger partial charge < -0.3 is 5.41 Å². The van der Waals surface area contributed by atoms with E-state index in [0.717, 1.165) is 16.7 Å². The molecule has 20 heavy (non-hydrogen) atoms. The van der Waals surface area contributed by atoms with E-state index < -0.39 is 0 Å². The van der Waals surface area contributed by atoms with Crippen molar-refractivity contribution in [3.05, 3.63) is 84.0 Å². The van der Waals surface area contributed by atoms with Crippen molar-refractivity contribution in [3.63, 3.8) is 0 Å². The highest BCUT2D eigenvalue weighted by molar-refractivity contribution is 6.07. The summed E-state index contributed by atoms with van der Waals surface area (Å²) in [7, 11) is 0. The van der Waals surface area contributed by atoms with E-state index in [4.69, 9.17) is 5.41 Å². The third-order valence-corrected chi connectivity index (χ3v) is 2.60. The minimum Gasteiger partial charge on any atom is -0.300 e. The smallest absolute Gasteiger partial charge is 0.0618 e. The molecule has 0 spiro atoms. The van der Waals surface area contributed by atoms with Crippen molar-refractivity contribution < 1.29 is 0 Å². The first kappa shape index (κ1) is 17.8. The van der Waals surface area contributed by atoms with Crippen LogP contribution in [0.25, 0.3) is 0 Å². The van der Waals surface area contributed by atoms with Gasteiger partial charge in [-0.2, -0.15) is 0 Å². The van der Waals surface area contributed by atoms with Gasteiger partial charge in [0.1, 0.15) is 0 Å². The van der Waals surface area contributed by atoms with E-state index in [1.807, 2.05) is 82.3 Å². The van der Waals surface area contributed by atoms with Crippen LogP contribution in [-0.4, -0.2) is 5.71 Å². The molecule has 0 radical (unpaired) electrons. The van der Waals surface area contributed by atoms with Crippen LogP contribution in [-0.2, 0) is 0 Å². The van der Waals surface area contributed by atoms with Gasteiger partial charge in [-0.15, -0.1) is 0 Å². The van der Waals surface area contributed by atoms with Gasteiger partial charge in [-0.1, -0.05) is 75.1 Å². The average Bonchev–Trinajstić information content (AvgIpc) is 2.53. The van der Waals surface area contributed by atoms with Gasteiger partial charge in [0.15, 0.2) is 0 Å². The van der Waals surface area contributed by atoms with Crippen molar-refractivity contribution in [2.45, 2.75) is 27.7 Å². The van der Waals surface area contributed by atoms with Gasteiger partial charge in [-0.05, 0) is 36.6 Å². The van der Waals surface area contributed by atoms with Gasteiger partial charge in [-0.25, -0.2) is 0 Å². The van der Waals surface area contributed by atoms with Crippen molar-refractivity contribution >= 4 is 5.71 Å². The van der Waals surface area contributed by atoms with Gasteiger partial charge in [0, 0.05) is 0 Å². The SMILES string of the molecule is C=CC(=C\C(=N)c1ccccc1)/C(/C=C\C)=C/C.CC. The van der Waals surface area contributed by atoms with Crippen LogP contribution >= 0.6 is 0 Å². The van der Waals surface area contributed by atoms with Crippen LogP contribution < -0.4 is 0 Å². The predicted molar refractivity (Wildman–Crippen MR) is 91.5 cm³/mol. The molecule has 1 heteroatoms. The Morgan fingerprint density at radius 2 is 1.65 bits per heavy atom. The zero-order chi connectivity index (χ0) is 15.4. The van der Waals surface area contributed by atoms with Gasteiger partial charge in [0.2, 0.25) is 0 Å². The third kappa shape index (κ3) is 5.66. The molecule has 1 N–H and O–H groups in total. The minimum atomic E-state index is 0.495. The second kappa shape index (κ2) is 10.7. The molecular weight excluding hydrogens is 242 g/mol. The van der Waals surface area contributed by atoms with Crippen LogP contribution in [0.5, 0.6) is 0 Å². The first-order valence-electron chi connectivity index (χ1n) is 7.00. The highest BCUT2D eigenvalue weighted by Crippen LogP contribution is 2.14. The number of hydrogen-bond donors (Lipinski definition) is 1. The van der Waals surface area contributed by atoms with E-state index in [-0.39, 0.29) is 0 Å². The molecule has 0 saturated carbocycles. The van der Waals surface area contributed by atoms with Crippen molar-refractivity contribution in [2.75, 3.05) is 0 Å². The van der Waals surface area contributed by atoms with E-state index in [0.29, 0.717) is 5.71 Å². The second-order valence-electron chi connectivity index (χ2n) is 3.83. The maximum Gasteiger partial charge on any atom is 0.0618 e. The van der Waals surface area contributed by atoms with Crippen LogP contribution in [0.2, 0.25) is 0 Å². The summed E-state index contributed by atoms with van der Waals surface area (Å²) in [4.78, 5) is 0. The fourth-order valence-corrected chi connectivity index (χ4v) is 1.66. The zero-order valence-corrected chi connectivity index (χ0v) is 13.0. The molecule has 0 heterocycles. The summed E-state index contributed by atoms with van der Waals surface area (Å²) < 4.78 is 0. The molecule has 1 aromatic carbocycles. The Balaban J connectivity index is 0.00000172. The van der Waals surface area contributed by atoms with Crippen LogP contribution in [0.4, 0.5) is 0 Å². The van der Waals surface area contributed by atoms with Crippen molar-refractivity contribution in [1.82, 2.24) is 0 Å². The number of hydrogen-bond acceptors (Lipinski definition) is 1. The molecule has 0 aliphatic heterocycles. The van der Waals surface area contributed by atoms with Gasteiger partial charge >= 0.3 is 0 Å². The molecule has 0 saturated heterocycles. The number of allylic oxidation sites excluding steroid dienone is 7. The highest BCUT2D eigenvalue weighted by Gasteiger charge is 2.01. The van der Waals surface area contributed by atoms with E-state index in [1.165, 1.54) is 0 Å². The van der Waals surface area contributed by atoms with Gasteiger partial charge in [0.05, 0.1) is 5.71 Å². The minimum absolute atomic E-state index is 0.495. The zero-order valence-electron chi connectivity index (χ0n) is 13.0. The quantitative estimate of drug-likeness (QED) is 0.521. The molecule has 0 unspecified atom stereocenters. The Hall–Kier alpha value is -2.15. The van der Waals surface area contributed by atoms with Crippen molar-refractivity contribution in [3.8, 4) is 0 Å². The van der Waals surface area contributed by atoms with Crippen LogP contribution in [0, 0.1) is 5.41 Å². The molecule has 0 fully saturated rings. The Morgan fingerprint density at radius 1 is 1.05 bits per heavy atom. The lowest BCUT2D eigenvalue weighted by molar-refractivity contribution is 1.45. The van der Waals surface area contributed by atoms with E-state index in [1.54, 1.807) is 6.08 Å². The summed E-state index contributed by atoms with van der Waals surface area (Å²) >= 11 is 0. The maximum absolute atomic E-state index is 8.09. The van der Waals surface area contributed by atoms with Crippen LogP contribution in [0.15, 0.2) is 78.4 Å². The summed E-state index contributed by atoms with van der Waals surface area (Å²) in [5.74, 6) is 0. The molecule has 0 aliphatic carbocycles. The summed E-state index contributed by atoms with van der Waals surface area (Å²) in [5.41, 5.74) is 3.44. The van der Waals surface area contributed by atoms with Crippen LogP contribution in [0.1, 0.15) is 33.3 Å². The fraction of sp³-hybridized carbons (Fsp3) is 0.211. The van der Waals surface area contributed by atoms with Gasteiger partial charge in [0.25, 0.3) is 0 Å². The summed E-state index contributed by atoms with van der Waals surface area (Å²) in [5, 5.41) is 8.09. The molecule has 0 atom stereocenters. The van der Waals surface area contributed by atoms with Crippen LogP contribution in [0.3, 0.4) is 0 Å². The second-order valence-corrected chi connectivity index (χ2v) is 3.83. The number of rotatable bonds is 5. The number of nitrogens with one attached hydrogen (secondary N) is 1. The molecule has 1 rings (SSSR count). The first-order valence-corrected chi connectivity index (χ1v) is 7.00. The normalized spacial score (nSPS) is 11.8. The molecule has 1 nitrogen and oxygen atoms in total. The lowest BCUT2D eigenvalue weighted by Gasteiger charge is -2.04. The molecular formula is C19H25N. The Labute approximate surface area is 123 Å². The van der Waals surface area contributed by atoms with Gasteiger partial charge in [-0.3, -0.25) is 0 Å². The Bertz CT molecular complexity index is 502. The predicted octanol–water partition coefficient (Wildman–Crippen LogP) is 5.72. The maximum atomic E-state index is 8.09. The Kier molecular flexibility index (Phi) is 9.59. The molecule has 1 aromatic rings. The molecule has 106 valence electrons. The van der Waals surface area contributed by atoms with E-state index in [9.17, 15) is 0 Å². The molecule has 0 aromatic heterocycles.